The maximum absolute atomic E-state index is 9.81. The molecule has 0 fully saturated rings. The predicted octanol–water partition coefficient (Wildman–Crippen LogP) is 5.37. The molecule has 0 aliphatic heterocycles. The first-order valence-corrected chi connectivity index (χ1v) is 9.24. The predicted molar refractivity (Wildman–Crippen MR) is 109 cm³/mol. The zero-order chi connectivity index (χ0) is 19.4. The largest absolute Gasteiger partial charge is 0.503 e. The Kier molecular flexibility index (Phi) is 5.88. The molecule has 1 N–H and O–H groups in total. The molecule has 0 aliphatic rings. The maximum Gasteiger partial charge on any atom is 0.176 e. The van der Waals surface area contributed by atoms with Crippen molar-refractivity contribution in [3.05, 3.63) is 51.3 Å². The standard InChI is InChI=1S/C20H18ClNO4S/c1-24-16-6-5-13(10-17(16)25-2)15-11-27-19(22-15)7-4-12-8-14(21)20(23)18(9-12)26-3/h4-11,23H,1-3H3/b7-4+. The molecule has 0 bridgehead atoms. The van der Waals surface area contributed by atoms with Gasteiger partial charge < -0.3 is 19.3 Å². The number of phenolic OH excluding ortho intramolecular Hbond substituents is 1. The zero-order valence-corrected chi connectivity index (χ0v) is 16.6. The van der Waals surface area contributed by atoms with Gasteiger partial charge in [0, 0.05) is 10.9 Å². The summed E-state index contributed by atoms with van der Waals surface area (Å²) in [5, 5.41) is 12.9. The zero-order valence-electron chi connectivity index (χ0n) is 15.0. The number of halogens is 1. The first-order chi connectivity index (χ1) is 13.0. The number of hydrogen-bond acceptors (Lipinski definition) is 6. The number of aromatic nitrogens is 1. The normalized spacial score (nSPS) is 11.0. The van der Waals surface area contributed by atoms with Gasteiger partial charge in [-0.15, -0.1) is 11.3 Å². The van der Waals surface area contributed by atoms with E-state index in [1.807, 2.05) is 35.7 Å². The van der Waals surface area contributed by atoms with Gasteiger partial charge in [-0.25, -0.2) is 4.98 Å². The minimum atomic E-state index is -0.0682. The number of phenols is 1. The van der Waals surface area contributed by atoms with Gasteiger partial charge in [0.25, 0.3) is 0 Å². The Balaban J connectivity index is 1.84. The Morgan fingerprint density at radius 2 is 1.70 bits per heavy atom. The molecular weight excluding hydrogens is 386 g/mol. The molecule has 5 nitrogen and oxygen atoms in total. The minimum absolute atomic E-state index is 0.0682. The van der Waals surface area contributed by atoms with Gasteiger partial charge in [0.1, 0.15) is 5.01 Å². The van der Waals surface area contributed by atoms with Crippen molar-refractivity contribution in [1.82, 2.24) is 4.98 Å². The van der Waals surface area contributed by atoms with E-state index < -0.39 is 0 Å². The molecule has 0 radical (unpaired) electrons. The van der Waals surface area contributed by atoms with Gasteiger partial charge in [-0.1, -0.05) is 17.7 Å². The third-order valence-electron chi connectivity index (χ3n) is 3.89. The molecule has 1 aromatic heterocycles. The van der Waals surface area contributed by atoms with Crippen LogP contribution in [-0.2, 0) is 0 Å². The smallest absolute Gasteiger partial charge is 0.176 e. The summed E-state index contributed by atoms with van der Waals surface area (Å²) in [6.45, 7) is 0. The van der Waals surface area contributed by atoms with E-state index in [-0.39, 0.29) is 10.8 Å². The third-order valence-corrected chi connectivity index (χ3v) is 4.99. The van der Waals surface area contributed by atoms with Crippen LogP contribution in [0.15, 0.2) is 35.7 Å². The Hall–Kier alpha value is -2.70. The number of aromatic hydroxyl groups is 1. The van der Waals surface area contributed by atoms with Crippen LogP contribution in [0.25, 0.3) is 23.4 Å². The molecule has 0 aliphatic carbocycles. The average molecular weight is 404 g/mol. The Bertz CT molecular complexity index is 984. The molecule has 0 amide bonds. The Labute approximate surface area is 166 Å². The van der Waals surface area contributed by atoms with Gasteiger partial charge >= 0.3 is 0 Å². The van der Waals surface area contributed by atoms with Crippen LogP contribution in [-0.4, -0.2) is 31.4 Å². The van der Waals surface area contributed by atoms with Gasteiger partial charge in [-0.2, -0.15) is 0 Å². The summed E-state index contributed by atoms with van der Waals surface area (Å²) in [6, 6.07) is 9.06. The van der Waals surface area contributed by atoms with Crippen molar-refractivity contribution in [1.29, 1.82) is 0 Å². The van der Waals surface area contributed by atoms with E-state index in [1.54, 1.807) is 26.4 Å². The lowest BCUT2D eigenvalue weighted by atomic mass is 10.1. The lowest BCUT2D eigenvalue weighted by Gasteiger charge is -2.08. The fourth-order valence-electron chi connectivity index (χ4n) is 2.51. The average Bonchev–Trinajstić information content (AvgIpc) is 3.17. The summed E-state index contributed by atoms with van der Waals surface area (Å²) in [6.07, 6.45) is 3.75. The van der Waals surface area contributed by atoms with Crippen molar-refractivity contribution in [2.24, 2.45) is 0 Å². The summed E-state index contributed by atoms with van der Waals surface area (Å²) in [4.78, 5) is 4.63. The second-order valence-corrected chi connectivity index (χ2v) is 6.82. The van der Waals surface area contributed by atoms with E-state index in [2.05, 4.69) is 4.98 Å². The number of methoxy groups -OCH3 is 3. The summed E-state index contributed by atoms with van der Waals surface area (Å²) < 4.78 is 15.7. The molecular formula is C20H18ClNO4S. The molecule has 3 rings (SSSR count). The molecule has 2 aromatic carbocycles. The molecule has 0 spiro atoms. The number of thiazole rings is 1. The van der Waals surface area contributed by atoms with E-state index in [4.69, 9.17) is 25.8 Å². The van der Waals surface area contributed by atoms with Crippen molar-refractivity contribution in [2.75, 3.05) is 21.3 Å². The second-order valence-electron chi connectivity index (χ2n) is 5.53. The van der Waals surface area contributed by atoms with Crippen molar-refractivity contribution < 1.29 is 19.3 Å². The summed E-state index contributed by atoms with van der Waals surface area (Å²) >= 11 is 7.54. The molecule has 27 heavy (non-hydrogen) atoms. The van der Waals surface area contributed by atoms with Crippen LogP contribution in [0, 0.1) is 0 Å². The van der Waals surface area contributed by atoms with E-state index >= 15 is 0 Å². The summed E-state index contributed by atoms with van der Waals surface area (Å²) in [5.74, 6) is 1.59. The van der Waals surface area contributed by atoms with E-state index in [0.29, 0.717) is 17.2 Å². The topological polar surface area (TPSA) is 60.8 Å². The van der Waals surface area contributed by atoms with Crippen LogP contribution >= 0.6 is 22.9 Å². The first kappa shape index (κ1) is 19.1. The molecule has 0 unspecified atom stereocenters. The van der Waals surface area contributed by atoms with Crippen LogP contribution in [0.3, 0.4) is 0 Å². The summed E-state index contributed by atoms with van der Waals surface area (Å²) in [7, 11) is 4.69. The number of nitrogens with zero attached hydrogens (tertiary/aromatic N) is 1. The van der Waals surface area contributed by atoms with Crippen molar-refractivity contribution >= 4 is 35.1 Å². The molecule has 1 heterocycles. The minimum Gasteiger partial charge on any atom is -0.503 e. The number of ether oxygens (including phenoxy) is 3. The number of rotatable bonds is 6. The number of benzene rings is 2. The lowest BCUT2D eigenvalue weighted by Crippen LogP contribution is -1.90. The number of hydrogen-bond donors (Lipinski definition) is 1. The lowest BCUT2D eigenvalue weighted by molar-refractivity contribution is 0.355. The summed E-state index contributed by atoms with van der Waals surface area (Å²) in [5.41, 5.74) is 2.59. The molecule has 7 heteroatoms. The van der Waals surface area contributed by atoms with Crippen LogP contribution in [0.4, 0.5) is 0 Å². The fraction of sp³-hybridized carbons (Fsp3) is 0.150. The van der Waals surface area contributed by atoms with E-state index in [1.165, 1.54) is 18.4 Å². The van der Waals surface area contributed by atoms with Crippen molar-refractivity contribution in [3.63, 3.8) is 0 Å². The Morgan fingerprint density at radius 1 is 0.963 bits per heavy atom. The van der Waals surface area contributed by atoms with Crippen LogP contribution < -0.4 is 14.2 Å². The highest BCUT2D eigenvalue weighted by Gasteiger charge is 2.10. The highest BCUT2D eigenvalue weighted by atomic mass is 35.5. The molecule has 0 atom stereocenters. The molecule has 3 aromatic rings. The maximum atomic E-state index is 9.81. The monoisotopic (exact) mass is 403 g/mol. The van der Waals surface area contributed by atoms with Gasteiger partial charge in [0.2, 0.25) is 0 Å². The molecule has 0 saturated carbocycles. The van der Waals surface area contributed by atoms with Gasteiger partial charge in [-0.05, 0) is 42.0 Å². The quantitative estimate of drug-likeness (QED) is 0.599. The van der Waals surface area contributed by atoms with Crippen LogP contribution in [0.1, 0.15) is 10.6 Å². The van der Waals surface area contributed by atoms with Gasteiger partial charge in [0.15, 0.2) is 23.0 Å². The molecule has 0 saturated heterocycles. The Morgan fingerprint density at radius 3 is 2.41 bits per heavy atom. The first-order valence-electron chi connectivity index (χ1n) is 7.98. The highest BCUT2D eigenvalue weighted by molar-refractivity contribution is 7.10. The SMILES string of the molecule is COc1ccc(-c2csc(/C=C/c3cc(Cl)c(O)c(OC)c3)n2)cc1OC. The van der Waals surface area contributed by atoms with Gasteiger partial charge in [0.05, 0.1) is 32.0 Å². The van der Waals surface area contributed by atoms with Crippen LogP contribution in [0.5, 0.6) is 23.0 Å². The fourth-order valence-corrected chi connectivity index (χ4v) is 3.44. The van der Waals surface area contributed by atoms with E-state index in [9.17, 15) is 5.11 Å². The third kappa shape index (κ3) is 4.18. The van der Waals surface area contributed by atoms with Crippen molar-refractivity contribution in [2.45, 2.75) is 0 Å². The highest BCUT2D eigenvalue weighted by Crippen LogP contribution is 2.36. The van der Waals surface area contributed by atoms with Crippen LogP contribution in [0.2, 0.25) is 5.02 Å². The molecule has 140 valence electrons. The van der Waals surface area contributed by atoms with Crippen molar-refractivity contribution in [3.8, 4) is 34.3 Å². The van der Waals surface area contributed by atoms with Gasteiger partial charge in [-0.3, -0.25) is 0 Å². The van der Waals surface area contributed by atoms with E-state index in [0.717, 1.165) is 21.8 Å². The second kappa shape index (κ2) is 8.33.